The third-order valence-electron chi connectivity index (χ3n) is 4.01. The molecule has 1 fully saturated rings. The number of rotatable bonds is 5. The largest absolute Gasteiger partial charge is 0.306 e. The Labute approximate surface area is 129 Å². The van der Waals surface area contributed by atoms with Crippen molar-refractivity contribution in [2.45, 2.75) is 38.3 Å². The molecule has 1 unspecified atom stereocenters. The fourth-order valence-corrected chi connectivity index (χ4v) is 2.73. The molecule has 0 aromatic heterocycles. The van der Waals surface area contributed by atoms with Crippen molar-refractivity contribution in [2.75, 3.05) is 0 Å². The van der Waals surface area contributed by atoms with Gasteiger partial charge in [0.2, 0.25) is 0 Å². The first-order chi connectivity index (χ1) is 9.72. The Morgan fingerprint density at radius 1 is 1.05 bits per heavy atom. The molecule has 1 atom stereocenters. The first kappa shape index (κ1) is 13.8. The van der Waals surface area contributed by atoms with Crippen LogP contribution in [0.2, 0.25) is 0 Å². The molecule has 0 spiro atoms. The zero-order chi connectivity index (χ0) is 13.9. The molecule has 2 heteroatoms. The van der Waals surface area contributed by atoms with Crippen molar-refractivity contribution < 1.29 is 0 Å². The summed E-state index contributed by atoms with van der Waals surface area (Å²) in [6, 6.07) is 18.0. The summed E-state index contributed by atoms with van der Waals surface area (Å²) >= 11 is 3.47. The van der Waals surface area contributed by atoms with Gasteiger partial charge in [-0.1, -0.05) is 52.3 Å². The van der Waals surface area contributed by atoms with Crippen LogP contribution >= 0.6 is 15.9 Å². The highest BCUT2D eigenvalue weighted by molar-refractivity contribution is 9.10. The van der Waals surface area contributed by atoms with Gasteiger partial charge in [-0.2, -0.15) is 0 Å². The second kappa shape index (κ2) is 6.11. The highest BCUT2D eigenvalue weighted by Crippen LogP contribution is 2.39. The minimum Gasteiger partial charge on any atom is -0.306 e. The summed E-state index contributed by atoms with van der Waals surface area (Å²) in [4.78, 5) is 0. The molecular weight excluding hydrogens is 310 g/mol. The summed E-state index contributed by atoms with van der Waals surface area (Å²) in [5, 5.41) is 3.58. The van der Waals surface area contributed by atoms with Gasteiger partial charge in [-0.15, -0.1) is 0 Å². The van der Waals surface area contributed by atoms with Crippen molar-refractivity contribution in [2.24, 2.45) is 0 Å². The Morgan fingerprint density at radius 2 is 1.70 bits per heavy atom. The molecule has 2 aromatic carbocycles. The number of nitrogens with one attached hydrogen (secondary N) is 1. The standard InChI is InChI=1S/C18H20BrN/c1-13(15-8-10-18(19)11-9-15)20-12-14-2-4-16(5-3-14)17-6-7-17/h2-5,8-11,13,17,20H,6-7,12H2,1H3. The average molecular weight is 330 g/mol. The van der Waals surface area contributed by atoms with Crippen molar-refractivity contribution in [1.29, 1.82) is 0 Å². The number of hydrogen-bond donors (Lipinski definition) is 1. The van der Waals surface area contributed by atoms with E-state index in [1.54, 1.807) is 0 Å². The summed E-state index contributed by atoms with van der Waals surface area (Å²) in [6.07, 6.45) is 2.75. The highest BCUT2D eigenvalue weighted by atomic mass is 79.9. The Kier molecular flexibility index (Phi) is 4.23. The molecule has 3 rings (SSSR count). The summed E-state index contributed by atoms with van der Waals surface area (Å²) in [5.41, 5.74) is 4.19. The van der Waals surface area contributed by atoms with Crippen molar-refractivity contribution in [3.63, 3.8) is 0 Å². The van der Waals surface area contributed by atoms with Gasteiger partial charge in [0.25, 0.3) is 0 Å². The average Bonchev–Trinajstić information content (AvgIpc) is 3.31. The minimum atomic E-state index is 0.367. The van der Waals surface area contributed by atoms with Crippen LogP contribution in [0.25, 0.3) is 0 Å². The van der Waals surface area contributed by atoms with Gasteiger partial charge in [0.05, 0.1) is 0 Å². The van der Waals surface area contributed by atoms with E-state index in [1.807, 2.05) is 0 Å². The highest BCUT2D eigenvalue weighted by Gasteiger charge is 2.22. The van der Waals surface area contributed by atoms with Gasteiger partial charge in [0.1, 0.15) is 0 Å². The van der Waals surface area contributed by atoms with Crippen LogP contribution < -0.4 is 5.32 Å². The van der Waals surface area contributed by atoms with Gasteiger partial charge in [0, 0.05) is 17.1 Å². The Hall–Kier alpha value is -1.12. The monoisotopic (exact) mass is 329 g/mol. The van der Waals surface area contributed by atoms with Gasteiger partial charge in [-0.3, -0.25) is 0 Å². The van der Waals surface area contributed by atoms with Crippen LogP contribution in [0, 0.1) is 0 Å². The SMILES string of the molecule is CC(NCc1ccc(C2CC2)cc1)c1ccc(Br)cc1. The lowest BCUT2D eigenvalue weighted by atomic mass is 10.1. The smallest absolute Gasteiger partial charge is 0.0294 e. The molecule has 1 aliphatic rings. The van der Waals surface area contributed by atoms with Gasteiger partial charge in [-0.05, 0) is 54.5 Å². The van der Waals surface area contributed by atoms with Crippen LogP contribution in [-0.2, 0) is 6.54 Å². The molecule has 1 nitrogen and oxygen atoms in total. The molecule has 1 N–H and O–H groups in total. The van der Waals surface area contributed by atoms with E-state index in [9.17, 15) is 0 Å². The van der Waals surface area contributed by atoms with Gasteiger partial charge >= 0.3 is 0 Å². The van der Waals surface area contributed by atoms with E-state index in [-0.39, 0.29) is 0 Å². The summed E-state index contributed by atoms with van der Waals surface area (Å²) < 4.78 is 1.13. The van der Waals surface area contributed by atoms with E-state index in [0.29, 0.717) is 6.04 Å². The second-order valence-electron chi connectivity index (χ2n) is 5.67. The molecule has 20 heavy (non-hydrogen) atoms. The predicted octanol–water partition coefficient (Wildman–Crippen LogP) is 5.18. The van der Waals surface area contributed by atoms with E-state index < -0.39 is 0 Å². The molecule has 0 radical (unpaired) electrons. The topological polar surface area (TPSA) is 12.0 Å². The molecule has 0 saturated heterocycles. The Morgan fingerprint density at radius 3 is 2.30 bits per heavy atom. The van der Waals surface area contributed by atoms with Crippen molar-refractivity contribution >= 4 is 15.9 Å². The van der Waals surface area contributed by atoms with Crippen LogP contribution in [-0.4, -0.2) is 0 Å². The lowest BCUT2D eigenvalue weighted by Crippen LogP contribution is -2.17. The van der Waals surface area contributed by atoms with Gasteiger partial charge in [-0.25, -0.2) is 0 Å². The van der Waals surface area contributed by atoms with Crippen molar-refractivity contribution in [1.82, 2.24) is 5.32 Å². The maximum absolute atomic E-state index is 3.58. The molecule has 2 aromatic rings. The van der Waals surface area contributed by atoms with E-state index >= 15 is 0 Å². The fraction of sp³-hybridized carbons (Fsp3) is 0.333. The number of hydrogen-bond acceptors (Lipinski definition) is 1. The Balaban J connectivity index is 1.56. The van der Waals surface area contributed by atoms with Crippen LogP contribution in [0.15, 0.2) is 53.0 Å². The van der Waals surface area contributed by atoms with Gasteiger partial charge in [0.15, 0.2) is 0 Å². The normalized spacial score (nSPS) is 16.1. The predicted molar refractivity (Wildman–Crippen MR) is 87.8 cm³/mol. The third kappa shape index (κ3) is 3.50. The number of halogens is 1. The summed E-state index contributed by atoms with van der Waals surface area (Å²) in [5.74, 6) is 0.846. The van der Waals surface area contributed by atoms with E-state index in [0.717, 1.165) is 16.9 Å². The van der Waals surface area contributed by atoms with Crippen molar-refractivity contribution in [3.05, 3.63) is 69.7 Å². The molecule has 0 amide bonds. The van der Waals surface area contributed by atoms with E-state index in [4.69, 9.17) is 0 Å². The molecule has 0 heterocycles. The van der Waals surface area contributed by atoms with E-state index in [2.05, 4.69) is 76.7 Å². The zero-order valence-corrected chi connectivity index (χ0v) is 13.4. The van der Waals surface area contributed by atoms with Crippen molar-refractivity contribution in [3.8, 4) is 0 Å². The Bertz CT molecular complexity index is 555. The maximum atomic E-state index is 3.58. The van der Waals surface area contributed by atoms with Crippen LogP contribution in [0.3, 0.4) is 0 Å². The van der Waals surface area contributed by atoms with Gasteiger partial charge < -0.3 is 5.32 Å². The first-order valence-electron chi connectivity index (χ1n) is 7.30. The molecule has 1 aliphatic carbocycles. The van der Waals surface area contributed by atoms with Crippen LogP contribution in [0.4, 0.5) is 0 Å². The summed E-state index contributed by atoms with van der Waals surface area (Å²) in [7, 11) is 0. The molecule has 0 aliphatic heterocycles. The first-order valence-corrected chi connectivity index (χ1v) is 8.09. The molecular formula is C18H20BrN. The van der Waals surface area contributed by atoms with Crippen LogP contribution in [0.1, 0.15) is 48.4 Å². The lowest BCUT2D eigenvalue weighted by Gasteiger charge is -2.14. The molecule has 0 bridgehead atoms. The van der Waals surface area contributed by atoms with Crippen LogP contribution in [0.5, 0.6) is 0 Å². The second-order valence-corrected chi connectivity index (χ2v) is 6.59. The van der Waals surface area contributed by atoms with E-state index in [1.165, 1.54) is 29.5 Å². The third-order valence-corrected chi connectivity index (χ3v) is 4.54. The fourth-order valence-electron chi connectivity index (χ4n) is 2.46. The minimum absolute atomic E-state index is 0.367. The molecule has 1 saturated carbocycles. The number of benzene rings is 2. The lowest BCUT2D eigenvalue weighted by molar-refractivity contribution is 0.574. The maximum Gasteiger partial charge on any atom is 0.0294 e. The zero-order valence-electron chi connectivity index (χ0n) is 11.8. The molecule has 104 valence electrons. The summed E-state index contributed by atoms with van der Waals surface area (Å²) in [6.45, 7) is 3.13. The quantitative estimate of drug-likeness (QED) is 0.797.